The van der Waals surface area contributed by atoms with Crippen LogP contribution in [0.3, 0.4) is 0 Å². The molecule has 0 aliphatic carbocycles. The van der Waals surface area contributed by atoms with Crippen molar-refractivity contribution in [1.82, 2.24) is 14.9 Å². The van der Waals surface area contributed by atoms with Crippen LogP contribution in [0.5, 0.6) is 0 Å². The maximum atomic E-state index is 12.0. The predicted octanol–water partition coefficient (Wildman–Crippen LogP) is 2.60. The summed E-state index contributed by atoms with van der Waals surface area (Å²) in [4.78, 5) is 27.8. The van der Waals surface area contributed by atoms with Crippen molar-refractivity contribution in [3.63, 3.8) is 0 Å². The van der Waals surface area contributed by atoms with E-state index in [4.69, 9.17) is 9.47 Å². The van der Waals surface area contributed by atoms with Gasteiger partial charge < -0.3 is 24.3 Å². The van der Waals surface area contributed by atoms with Crippen LogP contribution >= 0.6 is 0 Å². The van der Waals surface area contributed by atoms with Crippen LogP contribution in [0.1, 0.15) is 37.6 Å². The van der Waals surface area contributed by atoms with Crippen LogP contribution in [0, 0.1) is 5.92 Å². The van der Waals surface area contributed by atoms with Crippen LogP contribution in [0.4, 0.5) is 0 Å². The average molecular weight is 444 g/mol. The highest BCUT2D eigenvalue weighted by atomic mass is 16.7. The van der Waals surface area contributed by atoms with E-state index in [-0.39, 0.29) is 25.2 Å². The summed E-state index contributed by atoms with van der Waals surface area (Å²) in [5, 5.41) is 22.1. The van der Waals surface area contributed by atoms with E-state index in [1.54, 1.807) is 18.8 Å². The van der Waals surface area contributed by atoms with Crippen molar-refractivity contribution in [3.05, 3.63) is 66.1 Å². The third-order valence-corrected chi connectivity index (χ3v) is 5.29. The molecular weight excluding hydrogens is 414 g/mol. The zero-order valence-corrected chi connectivity index (χ0v) is 18.2. The molecule has 1 aliphatic heterocycles. The number of benzene rings is 1. The summed E-state index contributed by atoms with van der Waals surface area (Å²) in [5.74, 6) is -1.46. The lowest BCUT2D eigenvalue weighted by molar-refractivity contribution is -0.142. The van der Waals surface area contributed by atoms with Gasteiger partial charge in [-0.25, -0.2) is 4.98 Å². The maximum Gasteiger partial charge on any atom is 0.321 e. The summed E-state index contributed by atoms with van der Waals surface area (Å²) in [5.41, 5.74) is 1.72. The van der Waals surface area contributed by atoms with Crippen LogP contribution < -0.4 is 5.32 Å². The number of aromatic nitrogens is 2. The minimum atomic E-state index is -1.12. The molecule has 0 amide bonds. The molecule has 3 rings (SSSR count). The Labute approximate surface area is 186 Å². The van der Waals surface area contributed by atoms with Gasteiger partial charge in [-0.1, -0.05) is 44.2 Å². The number of rotatable bonds is 12. The van der Waals surface area contributed by atoms with Crippen molar-refractivity contribution in [2.75, 3.05) is 6.79 Å². The summed E-state index contributed by atoms with van der Waals surface area (Å²) < 4.78 is 12.8. The summed E-state index contributed by atoms with van der Waals surface area (Å²) >= 11 is 0. The summed E-state index contributed by atoms with van der Waals surface area (Å²) in [6.45, 7) is 3.92. The molecule has 3 N–H and O–H groups in total. The highest BCUT2D eigenvalue weighted by Gasteiger charge is 2.30. The van der Waals surface area contributed by atoms with Crippen LogP contribution in [0.15, 0.2) is 54.9 Å². The second-order valence-corrected chi connectivity index (χ2v) is 8.23. The summed E-state index contributed by atoms with van der Waals surface area (Å²) in [6.07, 6.45) is 5.78. The van der Waals surface area contributed by atoms with Gasteiger partial charge in [-0.2, -0.15) is 0 Å². The molecule has 2 heterocycles. The van der Waals surface area contributed by atoms with Crippen LogP contribution in [0.2, 0.25) is 0 Å². The molecule has 1 aromatic heterocycles. The van der Waals surface area contributed by atoms with Gasteiger partial charge in [-0.05, 0) is 17.9 Å². The number of nitrogens with one attached hydrogen (secondary N) is 1. The smallest absolute Gasteiger partial charge is 0.321 e. The quantitative estimate of drug-likeness (QED) is 0.457. The Morgan fingerprint density at radius 1 is 1.12 bits per heavy atom. The molecular formula is C23H29N3O6. The van der Waals surface area contributed by atoms with Gasteiger partial charge in [0.25, 0.3) is 0 Å². The van der Waals surface area contributed by atoms with Crippen molar-refractivity contribution in [2.24, 2.45) is 5.92 Å². The number of hydrogen-bond acceptors (Lipinski definition) is 6. The number of ether oxygens (including phenoxy) is 2. The highest BCUT2D eigenvalue weighted by Crippen LogP contribution is 2.28. The molecule has 0 radical (unpaired) electrons. The molecule has 0 spiro atoms. The average Bonchev–Trinajstić information content (AvgIpc) is 3.43. The SMILES string of the molecule is CC(C)CC(NC(Cc1cncn1C(Cc1ccccc1)C1=COCO1)C(=O)O)C(=O)O. The van der Waals surface area contributed by atoms with E-state index < -0.39 is 24.0 Å². The lowest BCUT2D eigenvalue weighted by Crippen LogP contribution is -2.49. The van der Waals surface area contributed by atoms with Crippen molar-refractivity contribution >= 4 is 11.9 Å². The first kappa shape index (κ1) is 23.3. The first-order chi connectivity index (χ1) is 15.3. The molecule has 0 bridgehead atoms. The van der Waals surface area contributed by atoms with Gasteiger partial charge in [0.15, 0.2) is 5.76 Å². The number of carboxylic acids is 2. The van der Waals surface area contributed by atoms with Crippen LogP contribution in [0.25, 0.3) is 0 Å². The topological polar surface area (TPSA) is 123 Å². The summed E-state index contributed by atoms with van der Waals surface area (Å²) in [7, 11) is 0. The Morgan fingerprint density at radius 3 is 2.44 bits per heavy atom. The van der Waals surface area contributed by atoms with Gasteiger partial charge in [0.05, 0.1) is 12.4 Å². The van der Waals surface area contributed by atoms with E-state index >= 15 is 0 Å². The van der Waals surface area contributed by atoms with Gasteiger partial charge in [-0.15, -0.1) is 0 Å². The van der Waals surface area contributed by atoms with Gasteiger partial charge in [0, 0.05) is 24.7 Å². The lowest BCUT2D eigenvalue weighted by atomic mass is 10.0. The third-order valence-electron chi connectivity index (χ3n) is 5.29. The van der Waals surface area contributed by atoms with E-state index in [9.17, 15) is 19.8 Å². The van der Waals surface area contributed by atoms with Gasteiger partial charge in [0.1, 0.15) is 18.3 Å². The van der Waals surface area contributed by atoms with Crippen molar-refractivity contribution in [2.45, 2.75) is 51.2 Å². The van der Waals surface area contributed by atoms with E-state index in [1.807, 2.05) is 48.7 Å². The molecule has 9 heteroatoms. The Bertz CT molecular complexity index is 940. The number of carbonyl (C=O) groups is 2. The van der Waals surface area contributed by atoms with E-state index in [1.165, 1.54) is 0 Å². The van der Waals surface area contributed by atoms with E-state index in [0.29, 0.717) is 24.3 Å². The zero-order valence-electron chi connectivity index (χ0n) is 18.2. The molecule has 3 unspecified atom stereocenters. The predicted molar refractivity (Wildman–Crippen MR) is 116 cm³/mol. The van der Waals surface area contributed by atoms with Gasteiger partial charge in [-0.3, -0.25) is 14.9 Å². The normalized spacial score (nSPS) is 16.0. The molecule has 3 atom stereocenters. The highest BCUT2D eigenvalue weighted by molar-refractivity contribution is 5.77. The van der Waals surface area contributed by atoms with Crippen molar-refractivity contribution in [3.8, 4) is 0 Å². The first-order valence-corrected chi connectivity index (χ1v) is 10.6. The minimum absolute atomic E-state index is 0.0661. The monoisotopic (exact) mass is 443 g/mol. The fraction of sp³-hybridized carbons (Fsp3) is 0.435. The molecule has 2 aromatic rings. The number of hydrogen-bond donors (Lipinski definition) is 3. The molecule has 172 valence electrons. The largest absolute Gasteiger partial charge is 0.480 e. The Balaban J connectivity index is 1.84. The van der Waals surface area contributed by atoms with Crippen molar-refractivity contribution in [1.29, 1.82) is 0 Å². The van der Waals surface area contributed by atoms with Crippen molar-refractivity contribution < 1.29 is 29.3 Å². The number of nitrogens with zero attached hydrogens (tertiary/aromatic N) is 2. The first-order valence-electron chi connectivity index (χ1n) is 10.6. The fourth-order valence-corrected chi connectivity index (χ4v) is 3.75. The van der Waals surface area contributed by atoms with Gasteiger partial charge in [0.2, 0.25) is 6.79 Å². The number of carboxylic acid groups (broad SMARTS) is 2. The standard InChI is InChI=1S/C23H29N3O6/c1-15(2)8-18(22(27)28)25-19(23(29)30)10-17-11-24-13-26(17)20(21-12-31-14-32-21)9-16-6-4-3-5-7-16/h3-7,11-13,15,18-20,25H,8-10,14H2,1-2H3,(H,27,28)(H,29,30). The van der Waals surface area contributed by atoms with E-state index in [2.05, 4.69) is 10.3 Å². The Hall–Kier alpha value is -3.33. The molecule has 32 heavy (non-hydrogen) atoms. The maximum absolute atomic E-state index is 12.0. The third kappa shape index (κ3) is 6.10. The Kier molecular flexibility index (Phi) is 7.88. The van der Waals surface area contributed by atoms with Crippen LogP contribution in [-0.4, -0.2) is 50.6 Å². The van der Waals surface area contributed by atoms with E-state index in [0.717, 1.165) is 5.56 Å². The molecule has 1 aromatic carbocycles. The minimum Gasteiger partial charge on any atom is -0.480 e. The fourth-order valence-electron chi connectivity index (χ4n) is 3.75. The zero-order chi connectivity index (χ0) is 23.1. The number of imidazole rings is 1. The molecule has 0 saturated heterocycles. The van der Waals surface area contributed by atoms with Crippen LogP contribution in [-0.2, 0) is 31.9 Å². The second-order valence-electron chi connectivity index (χ2n) is 8.23. The molecule has 0 fully saturated rings. The molecule has 1 aliphatic rings. The summed E-state index contributed by atoms with van der Waals surface area (Å²) in [6, 6.07) is 7.53. The number of allylic oxidation sites excluding steroid dienone is 1. The Morgan fingerprint density at radius 2 is 1.84 bits per heavy atom. The lowest BCUT2D eigenvalue weighted by Gasteiger charge is -2.24. The number of aliphatic carboxylic acids is 2. The molecule has 0 saturated carbocycles. The van der Waals surface area contributed by atoms with Gasteiger partial charge >= 0.3 is 11.9 Å². The molecule has 9 nitrogen and oxygen atoms in total. The second kappa shape index (κ2) is 10.8.